The normalized spacial score (nSPS) is 14.0. The number of rotatable bonds is 14. The predicted octanol–water partition coefficient (Wildman–Crippen LogP) is 19.3. The third-order valence-corrected chi connectivity index (χ3v) is 14.1. The van der Waals surface area contributed by atoms with E-state index in [1.54, 1.807) is 0 Å². The van der Waals surface area contributed by atoms with Crippen molar-refractivity contribution in [3.05, 3.63) is 280 Å². The summed E-state index contributed by atoms with van der Waals surface area (Å²) in [6, 6.07) is 73.3. The summed E-state index contributed by atoms with van der Waals surface area (Å²) in [7, 11) is 0. The van der Waals surface area contributed by atoms with Gasteiger partial charge < -0.3 is 19.6 Å². The lowest BCUT2D eigenvalue weighted by Crippen LogP contribution is -2.42. The highest BCUT2D eigenvalue weighted by Gasteiger charge is 2.34. The molecule has 0 saturated carbocycles. The van der Waals surface area contributed by atoms with Gasteiger partial charge in [0.2, 0.25) is 0 Å². The summed E-state index contributed by atoms with van der Waals surface area (Å²) in [5.74, 6) is -0.0962. The molecule has 0 radical (unpaired) electrons. The number of hydrogen-bond acceptors (Lipinski definition) is 5. The lowest BCUT2D eigenvalue weighted by atomic mass is 9.87. The van der Waals surface area contributed by atoms with Gasteiger partial charge in [0.1, 0.15) is 0 Å². The van der Waals surface area contributed by atoms with E-state index in [1.165, 1.54) is 5.57 Å². The highest BCUT2D eigenvalue weighted by molar-refractivity contribution is 6.12. The van der Waals surface area contributed by atoms with Crippen LogP contribution in [0.5, 0.6) is 0 Å². The van der Waals surface area contributed by atoms with E-state index in [0.717, 1.165) is 108 Å². The minimum atomic E-state index is -0.472. The summed E-state index contributed by atoms with van der Waals surface area (Å²) < 4.78 is 0. The summed E-state index contributed by atoms with van der Waals surface area (Å²) >= 11 is 0. The molecule has 0 unspecified atom stereocenters. The van der Waals surface area contributed by atoms with Crippen LogP contribution in [0.3, 0.4) is 0 Å². The molecule has 0 bridgehead atoms. The molecule has 0 N–H and O–H groups in total. The molecule has 75 heavy (non-hydrogen) atoms. The molecule has 1 aliphatic rings. The van der Waals surface area contributed by atoms with Crippen molar-refractivity contribution in [2.24, 2.45) is 0 Å². The molecule has 0 spiro atoms. The van der Waals surface area contributed by atoms with Crippen molar-refractivity contribution >= 4 is 68.3 Å². The van der Waals surface area contributed by atoms with Crippen molar-refractivity contribution in [3.63, 3.8) is 0 Å². The van der Waals surface area contributed by atoms with Gasteiger partial charge in [-0.25, -0.2) is 0 Å². The topological polar surface area (TPSA) is 30.0 Å². The quantitative estimate of drug-likeness (QED) is 0.101. The molecule has 0 aliphatic heterocycles. The van der Waals surface area contributed by atoms with Gasteiger partial charge in [0.25, 0.3) is 0 Å². The molecule has 1 atom stereocenters. The third-order valence-electron chi connectivity index (χ3n) is 14.1. The number of aryl methyl sites for hydroxylation is 7. The SMILES string of the molecule is CC1=C[C@](C)(N(c2cccc(C)c2)c2cc(C(=O)c3cc(N(c4cccc(C)c4)c4cccc(C)c4)cc(N(c4cccc(C)c4)c4cccc(C)c4)c3)cc(N(c3cccc(C)c3)c3cccc(C)c3)c2)CC=C1. The maximum atomic E-state index is 16.5. The van der Waals surface area contributed by atoms with Gasteiger partial charge in [-0.1, -0.05) is 109 Å². The number of benzene rings is 9. The van der Waals surface area contributed by atoms with Gasteiger partial charge in [-0.3, -0.25) is 4.79 Å². The summed E-state index contributed by atoms with van der Waals surface area (Å²) in [5.41, 5.74) is 20.4. The van der Waals surface area contributed by atoms with E-state index in [4.69, 9.17) is 0 Å². The minimum absolute atomic E-state index is 0.0962. The van der Waals surface area contributed by atoms with Crippen LogP contribution in [-0.4, -0.2) is 11.3 Å². The Labute approximate surface area is 445 Å². The van der Waals surface area contributed by atoms with Crippen LogP contribution >= 0.6 is 0 Å². The lowest BCUT2D eigenvalue weighted by Gasteiger charge is -2.43. The predicted molar refractivity (Wildman–Crippen MR) is 318 cm³/mol. The molecule has 9 aromatic rings. The van der Waals surface area contributed by atoms with E-state index in [0.29, 0.717) is 11.1 Å². The van der Waals surface area contributed by atoms with Crippen molar-refractivity contribution in [1.82, 2.24) is 0 Å². The number of carbonyl (C=O) groups excluding carboxylic acids is 1. The standard InChI is InChI=1S/C70H66N4O/c1-48-18-10-26-58(34-48)71(59-27-11-19-49(2)35-59)65-41-56(42-66(45-65)72(60-28-12-20-50(3)36-60)61-29-13-21-51(4)37-61)69(75)57-43-67(73(62-30-14-22-52(5)38-62)63-31-15-23-53(6)39-63)46-68(44-57)74(64-32-16-24-54(7)40-64)70(9)33-17-25-55(8)47-70/h10-32,34-47H,33H2,1-9H3/t70-/m1/s1. The Morgan fingerprint density at radius 1 is 0.347 bits per heavy atom. The fourth-order valence-corrected chi connectivity index (χ4v) is 10.8. The second kappa shape index (κ2) is 21.0. The number of carbonyl (C=O) groups is 1. The summed E-state index contributed by atoms with van der Waals surface area (Å²) in [5, 5.41) is 0. The number of ketones is 1. The van der Waals surface area contributed by atoms with Crippen LogP contribution in [0.2, 0.25) is 0 Å². The highest BCUT2D eigenvalue weighted by Crippen LogP contribution is 2.46. The Hall–Kier alpha value is -8.67. The number of anilines is 11. The lowest BCUT2D eigenvalue weighted by molar-refractivity contribution is 0.103. The molecule has 0 saturated heterocycles. The first-order valence-electron chi connectivity index (χ1n) is 26.1. The average molecular weight is 979 g/mol. The molecule has 5 heteroatoms. The van der Waals surface area contributed by atoms with Crippen molar-refractivity contribution in [1.29, 1.82) is 0 Å². The molecule has 0 heterocycles. The molecule has 0 aromatic heterocycles. The Kier molecular flexibility index (Phi) is 14.0. The minimum Gasteiger partial charge on any atom is -0.332 e. The molecule has 372 valence electrons. The summed E-state index contributed by atoms with van der Waals surface area (Å²) in [6.45, 7) is 19.4. The molecular formula is C70H66N4O. The van der Waals surface area contributed by atoms with Crippen molar-refractivity contribution in [2.45, 2.75) is 74.3 Å². The first kappa shape index (κ1) is 49.9. The number of allylic oxidation sites excluding steroid dienone is 2. The van der Waals surface area contributed by atoms with E-state index in [2.05, 4.69) is 306 Å². The number of hydrogen-bond donors (Lipinski definition) is 0. The molecule has 0 fully saturated rings. The molecule has 0 amide bonds. The largest absolute Gasteiger partial charge is 0.332 e. The summed E-state index contributed by atoms with van der Waals surface area (Å²) in [6.07, 6.45) is 7.62. The van der Waals surface area contributed by atoms with Crippen molar-refractivity contribution < 1.29 is 4.79 Å². The summed E-state index contributed by atoms with van der Waals surface area (Å²) in [4.78, 5) is 25.8. The highest BCUT2D eigenvalue weighted by atomic mass is 16.1. The van der Waals surface area contributed by atoms with Crippen LogP contribution in [0.1, 0.15) is 75.1 Å². The van der Waals surface area contributed by atoms with Crippen LogP contribution in [0.15, 0.2) is 230 Å². The fourth-order valence-electron chi connectivity index (χ4n) is 10.8. The second-order valence-electron chi connectivity index (χ2n) is 20.9. The van der Waals surface area contributed by atoms with Gasteiger partial charge >= 0.3 is 0 Å². The van der Waals surface area contributed by atoms with Gasteiger partial charge in [0, 0.05) is 73.7 Å². The van der Waals surface area contributed by atoms with Gasteiger partial charge in [0.05, 0.1) is 5.54 Å². The van der Waals surface area contributed by atoms with Crippen LogP contribution in [0.25, 0.3) is 0 Å². The average Bonchev–Trinajstić information content (AvgIpc) is 3.37. The second-order valence-corrected chi connectivity index (χ2v) is 20.9. The molecule has 9 aromatic carbocycles. The van der Waals surface area contributed by atoms with Crippen LogP contribution in [0, 0.1) is 48.5 Å². The molecule has 5 nitrogen and oxygen atoms in total. The first-order chi connectivity index (χ1) is 36.2. The Morgan fingerprint density at radius 2 is 0.627 bits per heavy atom. The van der Waals surface area contributed by atoms with E-state index in [-0.39, 0.29) is 5.78 Å². The van der Waals surface area contributed by atoms with Crippen LogP contribution in [-0.2, 0) is 0 Å². The van der Waals surface area contributed by atoms with E-state index in [9.17, 15) is 0 Å². The van der Waals surface area contributed by atoms with Gasteiger partial charge in [0.15, 0.2) is 5.78 Å². The van der Waals surface area contributed by atoms with E-state index < -0.39 is 5.54 Å². The Balaban J connectivity index is 1.28. The van der Waals surface area contributed by atoms with Gasteiger partial charge in [-0.05, 0) is 229 Å². The zero-order valence-corrected chi connectivity index (χ0v) is 44.8. The fraction of sp³-hybridized carbons (Fsp3) is 0.157. The van der Waals surface area contributed by atoms with Crippen LogP contribution < -0.4 is 19.6 Å². The zero-order chi connectivity index (χ0) is 52.4. The van der Waals surface area contributed by atoms with E-state index in [1.807, 2.05) is 0 Å². The monoisotopic (exact) mass is 979 g/mol. The maximum absolute atomic E-state index is 16.5. The molecule has 10 rings (SSSR count). The smallest absolute Gasteiger partial charge is 0.193 e. The third kappa shape index (κ3) is 10.9. The van der Waals surface area contributed by atoms with Crippen molar-refractivity contribution in [2.75, 3.05) is 19.6 Å². The molecular weight excluding hydrogens is 913 g/mol. The zero-order valence-electron chi connectivity index (χ0n) is 44.8. The molecule has 1 aliphatic carbocycles. The van der Waals surface area contributed by atoms with Gasteiger partial charge in [-0.2, -0.15) is 0 Å². The maximum Gasteiger partial charge on any atom is 0.193 e. The number of nitrogens with zero attached hydrogens (tertiary/aromatic N) is 4. The Bertz CT molecular complexity index is 3410. The van der Waals surface area contributed by atoms with E-state index >= 15 is 4.79 Å². The van der Waals surface area contributed by atoms with Gasteiger partial charge in [-0.15, -0.1) is 0 Å². The first-order valence-corrected chi connectivity index (χ1v) is 26.1. The Morgan fingerprint density at radius 3 is 0.933 bits per heavy atom. The van der Waals surface area contributed by atoms with Crippen molar-refractivity contribution in [3.8, 4) is 0 Å². The van der Waals surface area contributed by atoms with Crippen LogP contribution in [0.4, 0.5) is 62.6 Å².